The quantitative estimate of drug-likeness (QED) is 0.558. The van der Waals surface area contributed by atoms with Crippen LogP contribution in [0, 0.1) is 19.3 Å². The van der Waals surface area contributed by atoms with Crippen molar-refractivity contribution in [2.45, 2.75) is 13.8 Å². The third-order valence-corrected chi connectivity index (χ3v) is 1.55. The van der Waals surface area contributed by atoms with Gasteiger partial charge in [0.1, 0.15) is 5.69 Å². The lowest BCUT2D eigenvalue weighted by Gasteiger charge is -1.98. The van der Waals surface area contributed by atoms with Gasteiger partial charge in [-0.1, -0.05) is 0 Å². The summed E-state index contributed by atoms with van der Waals surface area (Å²) in [6, 6.07) is 3.77. The first kappa shape index (κ1) is 9.51. The van der Waals surface area contributed by atoms with Crippen LogP contribution in [0.25, 0.3) is 0 Å². The largest absolute Gasteiger partial charge is 0.311 e. The zero-order chi connectivity index (χ0) is 9.68. The molecule has 0 saturated heterocycles. The molecule has 1 N–H and O–H groups in total. The lowest BCUT2D eigenvalue weighted by atomic mass is 10.3. The van der Waals surface area contributed by atoms with E-state index in [-0.39, 0.29) is 0 Å². The summed E-state index contributed by atoms with van der Waals surface area (Å²) in [5, 5.41) is 14.5. The molecular formula is C9H12N4. The lowest BCUT2D eigenvalue weighted by Crippen LogP contribution is -1.85. The standard InChI is InChI=1S/C9H12N4/c1-7-3-4-9(8(2)12-7)13-11-6-5-10/h3-5,10H,6H2,1-2H3. The summed E-state index contributed by atoms with van der Waals surface area (Å²) >= 11 is 0. The summed E-state index contributed by atoms with van der Waals surface area (Å²) in [6.45, 7) is 4.16. The zero-order valence-electron chi connectivity index (χ0n) is 7.78. The molecule has 0 saturated carbocycles. The number of hydrogen-bond acceptors (Lipinski definition) is 4. The zero-order valence-corrected chi connectivity index (χ0v) is 7.78. The van der Waals surface area contributed by atoms with Crippen molar-refractivity contribution in [3.05, 3.63) is 23.5 Å². The van der Waals surface area contributed by atoms with Gasteiger partial charge in [0, 0.05) is 11.9 Å². The molecule has 0 unspecified atom stereocenters. The van der Waals surface area contributed by atoms with Crippen LogP contribution in [0.4, 0.5) is 5.69 Å². The van der Waals surface area contributed by atoms with Crippen molar-refractivity contribution in [1.82, 2.24) is 4.98 Å². The molecule has 1 rings (SSSR count). The van der Waals surface area contributed by atoms with Crippen LogP contribution in [0.5, 0.6) is 0 Å². The van der Waals surface area contributed by atoms with Crippen molar-refractivity contribution >= 4 is 11.9 Å². The van der Waals surface area contributed by atoms with Gasteiger partial charge in [-0.3, -0.25) is 4.98 Å². The molecule has 0 bridgehead atoms. The average Bonchev–Trinajstić information content (AvgIpc) is 2.09. The first-order valence-corrected chi connectivity index (χ1v) is 4.04. The molecule has 0 radical (unpaired) electrons. The van der Waals surface area contributed by atoms with E-state index in [4.69, 9.17) is 5.41 Å². The second-order valence-corrected chi connectivity index (χ2v) is 2.69. The van der Waals surface area contributed by atoms with Crippen LogP contribution in [0.3, 0.4) is 0 Å². The van der Waals surface area contributed by atoms with E-state index in [1.165, 1.54) is 6.21 Å². The molecule has 1 aromatic heterocycles. The van der Waals surface area contributed by atoms with E-state index in [1.54, 1.807) is 0 Å². The summed E-state index contributed by atoms with van der Waals surface area (Å²) < 4.78 is 0. The summed E-state index contributed by atoms with van der Waals surface area (Å²) in [6.07, 6.45) is 1.21. The third kappa shape index (κ3) is 2.74. The molecule has 0 fully saturated rings. The summed E-state index contributed by atoms with van der Waals surface area (Å²) in [5.41, 5.74) is 2.62. The fourth-order valence-electron chi connectivity index (χ4n) is 0.943. The van der Waals surface area contributed by atoms with E-state index in [0.29, 0.717) is 6.54 Å². The first-order chi connectivity index (χ1) is 6.24. The van der Waals surface area contributed by atoms with Crippen molar-refractivity contribution in [1.29, 1.82) is 5.41 Å². The minimum atomic E-state index is 0.327. The fourth-order valence-corrected chi connectivity index (χ4v) is 0.943. The fraction of sp³-hybridized carbons (Fsp3) is 0.333. The molecule has 0 aromatic carbocycles. The maximum Gasteiger partial charge on any atom is 0.106 e. The highest BCUT2D eigenvalue weighted by Crippen LogP contribution is 2.16. The highest BCUT2D eigenvalue weighted by atomic mass is 15.1. The highest BCUT2D eigenvalue weighted by Gasteiger charge is 1.96. The molecule has 4 heteroatoms. The molecule has 68 valence electrons. The van der Waals surface area contributed by atoms with Crippen molar-refractivity contribution in [2.24, 2.45) is 10.2 Å². The number of nitrogens with zero attached hydrogens (tertiary/aromatic N) is 3. The number of pyridine rings is 1. The van der Waals surface area contributed by atoms with Gasteiger partial charge in [0.2, 0.25) is 0 Å². The molecule has 1 heterocycles. The van der Waals surface area contributed by atoms with Crippen molar-refractivity contribution in [2.75, 3.05) is 6.54 Å². The van der Waals surface area contributed by atoms with Crippen LogP contribution in [0.1, 0.15) is 11.4 Å². The molecule has 0 amide bonds. The SMILES string of the molecule is Cc1ccc(N=NCC=N)c(C)n1. The van der Waals surface area contributed by atoms with Crippen molar-refractivity contribution < 1.29 is 0 Å². The Bertz CT molecular complexity index is 330. The number of rotatable bonds is 3. The van der Waals surface area contributed by atoms with E-state index in [1.807, 2.05) is 26.0 Å². The van der Waals surface area contributed by atoms with Gasteiger partial charge in [-0.25, -0.2) is 0 Å². The van der Waals surface area contributed by atoms with Gasteiger partial charge in [-0.2, -0.15) is 10.2 Å². The predicted molar refractivity (Wildman–Crippen MR) is 51.9 cm³/mol. The van der Waals surface area contributed by atoms with E-state index in [0.717, 1.165) is 17.1 Å². The third-order valence-electron chi connectivity index (χ3n) is 1.55. The topological polar surface area (TPSA) is 61.5 Å². The van der Waals surface area contributed by atoms with E-state index >= 15 is 0 Å². The van der Waals surface area contributed by atoms with Crippen LogP contribution in [0.15, 0.2) is 22.4 Å². The van der Waals surface area contributed by atoms with Crippen LogP contribution < -0.4 is 0 Å². The second kappa shape index (κ2) is 4.45. The average molecular weight is 176 g/mol. The van der Waals surface area contributed by atoms with Crippen molar-refractivity contribution in [3.63, 3.8) is 0 Å². The molecule has 0 aliphatic carbocycles. The number of nitrogens with one attached hydrogen (secondary N) is 1. The Kier molecular flexibility index (Phi) is 3.25. The predicted octanol–water partition coefficient (Wildman–Crippen LogP) is 2.43. The first-order valence-electron chi connectivity index (χ1n) is 4.04. The number of aromatic nitrogens is 1. The Morgan fingerprint density at radius 2 is 2.23 bits per heavy atom. The van der Waals surface area contributed by atoms with Crippen LogP contribution >= 0.6 is 0 Å². The highest BCUT2D eigenvalue weighted by molar-refractivity contribution is 5.55. The Hall–Kier alpha value is -1.58. The van der Waals surface area contributed by atoms with Crippen LogP contribution in [-0.4, -0.2) is 17.7 Å². The van der Waals surface area contributed by atoms with Gasteiger partial charge >= 0.3 is 0 Å². The van der Waals surface area contributed by atoms with Crippen LogP contribution in [0.2, 0.25) is 0 Å². The van der Waals surface area contributed by atoms with Crippen LogP contribution in [-0.2, 0) is 0 Å². The summed E-state index contributed by atoms with van der Waals surface area (Å²) in [7, 11) is 0. The Balaban J connectivity index is 2.83. The maximum absolute atomic E-state index is 6.76. The monoisotopic (exact) mass is 176 g/mol. The maximum atomic E-state index is 6.76. The van der Waals surface area contributed by atoms with Gasteiger partial charge in [-0.05, 0) is 26.0 Å². The number of azo groups is 1. The molecular weight excluding hydrogens is 164 g/mol. The van der Waals surface area contributed by atoms with Gasteiger partial charge in [0.05, 0.1) is 12.2 Å². The minimum absolute atomic E-state index is 0.327. The molecule has 0 atom stereocenters. The number of hydrogen-bond donors (Lipinski definition) is 1. The van der Waals surface area contributed by atoms with E-state index in [2.05, 4.69) is 15.2 Å². The number of aryl methyl sites for hydroxylation is 2. The lowest BCUT2D eigenvalue weighted by molar-refractivity contribution is 1.05. The molecule has 0 aliphatic heterocycles. The Morgan fingerprint density at radius 1 is 1.46 bits per heavy atom. The van der Waals surface area contributed by atoms with Crippen molar-refractivity contribution in [3.8, 4) is 0 Å². The normalized spacial score (nSPS) is 10.6. The van der Waals surface area contributed by atoms with Gasteiger partial charge in [0.25, 0.3) is 0 Å². The molecule has 1 aromatic rings. The molecule has 0 spiro atoms. The summed E-state index contributed by atoms with van der Waals surface area (Å²) in [4.78, 5) is 4.24. The second-order valence-electron chi connectivity index (χ2n) is 2.69. The smallest absolute Gasteiger partial charge is 0.106 e. The van der Waals surface area contributed by atoms with Gasteiger partial charge in [0.15, 0.2) is 0 Å². The molecule has 0 aliphatic rings. The Morgan fingerprint density at radius 3 is 2.85 bits per heavy atom. The van der Waals surface area contributed by atoms with E-state index in [9.17, 15) is 0 Å². The molecule has 13 heavy (non-hydrogen) atoms. The summed E-state index contributed by atoms with van der Waals surface area (Å²) in [5.74, 6) is 0. The van der Waals surface area contributed by atoms with Gasteiger partial charge in [-0.15, -0.1) is 0 Å². The minimum Gasteiger partial charge on any atom is -0.311 e. The Labute approximate surface area is 77.2 Å². The van der Waals surface area contributed by atoms with E-state index < -0.39 is 0 Å². The molecule has 4 nitrogen and oxygen atoms in total. The van der Waals surface area contributed by atoms with Gasteiger partial charge < -0.3 is 5.41 Å².